The lowest BCUT2D eigenvalue weighted by atomic mass is 10.1. The average molecular weight is 381 g/mol. The van der Waals surface area contributed by atoms with Crippen molar-refractivity contribution in [3.8, 4) is 5.75 Å². The lowest BCUT2D eigenvalue weighted by Crippen LogP contribution is -2.28. The molecule has 0 atom stereocenters. The maximum atomic E-state index is 12.4. The molecule has 0 radical (unpaired) electrons. The van der Waals surface area contributed by atoms with Gasteiger partial charge in [0.1, 0.15) is 11.3 Å². The highest BCUT2D eigenvalue weighted by atomic mass is 16.5. The first kappa shape index (κ1) is 19.5. The number of esters is 1. The lowest BCUT2D eigenvalue weighted by molar-refractivity contribution is -0.124. The second kappa shape index (κ2) is 8.61. The van der Waals surface area contributed by atoms with Gasteiger partial charge in [-0.05, 0) is 50.1 Å². The number of ether oxygens (including phenoxy) is 2. The van der Waals surface area contributed by atoms with Gasteiger partial charge >= 0.3 is 5.97 Å². The van der Waals surface area contributed by atoms with Crippen molar-refractivity contribution < 1.29 is 23.5 Å². The summed E-state index contributed by atoms with van der Waals surface area (Å²) in [5.41, 5.74) is 3.32. The standard InChI is InChI=1S/C22H23NO5/c1-4-26-17-9-10-19-18(11-17)15(3)21(28-19)22(25)27-13-20(24)23-12-16-8-6-5-7-14(16)2/h5-11H,4,12-13H2,1-3H3,(H,23,24). The predicted octanol–water partition coefficient (Wildman–Crippen LogP) is 3.92. The molecule has 0 aliphatic carbocycles. The van der Waals surface area contributed by atoms with Gasteiger partial charge in [-0.15, -0.1) is 0 Å². The van der Waals surface area contributed by atoms with Crippen molar-refractivity contribution in [3.05, 3.63) is 64.9 Å². The lowest BCUT2D eigenvalue weighted by Gasteiger charge is -2.08. The Hall–Kier alpha value is -3.28. The normalized spacial score (nSPS) is 10.7. The van der Waals surface area contributed by atoms with Crippen LogP contribution in [0.4, 0.5) is 0 Å². The molecule has 0 spiro atoms. The molecule has 1 aromatic heterocycles. The quantitative estimate of drug-likeness (QED) is 0.628. The van der Waals surface area contributed by atoms with E-state index in [9.17, 15) is 9.59 Å². The van der Waals surface area contributed by atoms with Gasteiger partial charge in [-0.2, -0.15) is 0 Å². The highest BCUT2D eigenvalue weighted by molar-refractivity contribution is 5.97. The average Bonchev–Trinajstić information content (AvgIpc) is 3.02. The summed E-state index contributed by atoms with van der Waals surface area (Å²) in [6.45, 7) is 6.21. The van der Waals surface area contributed by atoms with E-state index in [4.69, 9.17) is 13.9 Å². The van der Waals surface area contributed by atoms with Crippen LogP contribution in [0.3, 0.4) is 0 Å². The van der Waals surface area contributed by atoms with E-state index in [-0.39, 0.29) is 18.3 Å². The van der Waals surface area contributed by atoms with Gasteiger partial charge in [0, 0.05) is 17.5 Å². The van der Waals surface area contributed by atoms with Crippen molar-refractivity contribution in [2.45, 2.75) is 27.3 Å². The molecule has 146 valence electrons. The number of carbonyl (C=O) groups is 2. The monoisotopic (exact) mass is 381 g/mol. The van der Waals surface area contributed by atoms with Crippen LogP contribution in [0, 0.1) is 13.8 Å². The van der Waals surface area contributed by atoms with Crippen LogP contribution >= 0.6 is 0 Å². The van der Waals surface area contributed by atoms with Crippen molar-refractivity contribution >= 4 is 22.8 Å². The summed E-state index contributed by atoms with van der Waals surface area (Å²) >= 11 is 0. The Kier molecular flexibility index (Phi) is 5.99. The van der Waals surface area contributed by atoms with Gasteiger partial charge in [0.15, 0.2) is 6.61 Å². The largest absolute Gasteiger partial charge is 0.494 e. The topological polar surface area (TPSA) is 77.8 Å². The second-order valence-corrected chi connectivity index (χ2v) is 6.43. The number of fused-ring (bicyclic) bond motifs is 1. The molecule has 1 N–H and O–H groups in total. The van der Waals surface area contributed by atoms with Crippen LogP contribution < -0.4 is 10.1 Å². The summed E-state index contributed by atoms with van der Waals surface area (Å²) < 4.78 is 16.2. The first-order chi connectivity index (χ1) is 13.5. The fraction of sp³-hybridized carbons (Fsp3) is 0.273. The van der Waals surface area contributed by atoms with Crippen LogP contribution in [0.5, 0.6) is 5.75 Å². The number of carbonyl (C=O) groups excluding carboxylic acids is 2. The van der Waals surface area contributed by atoms with Gasteiger partial charge in [0.05, 0.1) is 6.61 Å². The first-order valence-corrected chi connectivity index (χ1v) is 9.14. The second-order valence-electron chi connectivity index (χ2n) is 6.43. The van der Waals surface area contributed by atoms with Crippen LogP contribution in [0.15, 0.2) is 46.9 Å². The number of nitrogens with one attached hydrogen (secondary N) is 1. The fourth-order valence-electron chi connectivity index (χ4n) is 2.90. The predicted molar refractivity (Wildman–Crippen MR) is 105 cm³/mol. The Labute approximate surface area is 163 Å². The van der Waals surface area contributed by atoms with Crippen LogP contribution in [0.25, 0.3) is 11.0 Å². The van der Waals surface area contributed by atoms with Gasteiger partial charge in [0.25, 0.3) is 5.91 Å². The zero-order valence-electron chi connectivity index (χ0n) is 16.2. The summed E-state index contributed by atoms with van der Waals surface area (Å²) in [6.07, 6.45) is 0. The number of hydrogen-bond donors (Lipinski definition) is 1. The first-order valence-electron chi connectivity index (χ1n) is 9.14. The molecule has 0 unspecified atom stereocenters. The van der Waals surface area contributed by atoms with Crippen molar-refractivity contribution in [2.24, 2.45) is 0 Å². The molecule has 0 aliphatic heterocycles. The zero-order chi connectivity index (χ0) is 20.1. The minimum atomic E-state index is -0.669. The maximum Gasteiger partial charge on any atom is 0.375 e. The smallest absolute Gasteiger partial charge is 0.375 e. The summed E-state index contributed by atoms with van der Waals surface area (Å²) in [7, 11) is 0. The SMILES string of the molecule is CCOc1ccc2oc(C(=O)OCC(=O)NCc3ccccc3C)c(C)c2c1. The Morgan fingerprint density at radius 1 is 1.11 bits per heavy atom. The zero-order valence-corrected chi connectivity index (χ0v) is 16.2. The van der Waals surface area contributed by atoms with Gasteiger partial charge in [-0.3, -0.25) is 4.79 Å². The van der Waals surface area contributed by atoms with Crippen molar-refractivity contribution in [1.82, 2.24) is 5.32 Å². The van der Waals surface area contributed by atoms with Crippen molar-refractivity contribution in [1.29, 1.82) is 0 Å². The molecule has 3 rings (SSSR count). The molecule has 3 aromatic rings. The third kappa shape index (κ3) is 4.34. The molecule has 2 aromatic carbocycles. The van der Waals surface area contributed by atoms with E-state index in [0.29, 0.717) is 30.0 Å². The molecule has 1 amide bonds. The molecule has 0 bridgehead atoms. The molecule has 6 nitrogen and oxygen atoms in total. The summed E-state index contributed by atoms with van der Waals surface area (Å²) in [4.78, 5) is 24.4. The molecule has 0 aliphatic rings. The molecule has 0 saturated carbocycles. The molecule has 6 heteroatoms. The van der Waals surface area contributed by atoms with E-state index in [0.717, 1.165) is 16.5 Å². The van der Waals surface area contributed by atoms with Crippen molar-refractivity contribution in [3.63, 3.8) is 0 Å². The van der Waals surface area contributed by atoms with E-state index >= 15 is 0 Å². The molecule has 0 fully saturated rings. The molecular weight excluding hydrogens is 358 g/mol. The van der Waals surface area contributed by atoms with Gasteiger partial charge in [0.2, 0.25) is 5.76 Å². The van der Waals surface area contributed by atoms with E-state index in [1.165, 1.54) is 0 Å². The highest BCUT2D eigenvalue weighted by Crippen LogP contribution is 2.29. The van der Waals surface area contributed by atoms with E-state index in [1.54, 1.807) is 19.1 Å². The summed E-state index contributed by atoms with van der Waals surface area (Å²) in [5.74, 6) is -0.244. The summed E-state index contributed by atoms with van der Waals surface area (Å²) in [5, 5.41) is 3.53. The number of rotatable bonds is 7. The minimum absolute atomic E-state index is 0.0929. The molecular formula is C22H23NO5. The third-order valence-corrected chi connectivity index (χ3v) is 4.48. The Morgan fingerprint density at radius 2 is 1.89 bits per heavy atom. The van der Waals surface area contributed by atoms with Gasteiger partial charge < -0.3 is 19.2 Å². The number of aryl methyl sites for hydroxylation is 2. The van der Waals surface area contributed by atoms with Crippen molar-refractivity contribution in [2.75, 3.05) is 13.2 Å². The Balaban J connectivity index is 1.60. The number of furan rings is 1. The van der Waals surface area contributed by atoms with Crippen LogP contribution in [-0.2, 0) is 16.1 Å². The Bertz CT molecular complexity index is 1010. The van der Waals surface area contributed by atoms with E-state index in [1.807, 2.05) is 44.2 Å². The van der Waals surface area contributed by atoms with Crippen LogP contribution in [0.2, 0.25) is 0 Å². The van der Waals surface area contributed by atoms with Gasteiger partial charge in [-0.25, -0.2) is 4.79 Å². The van der Waals surface area contributed by atoms with Gasteiger partial charge in [-0.1, -0.05) is 24.3 Å². The molecule has 28 heavy (non-hydrogen) atoms. The minimum Gasteiger partial charge on any atom is -0.494 e. The highest BCUT2D eigenvalue weighted by Gasteiger charge is 2.20. The third-order valence-electron chi connectivity index (χ3n) is 4.48. The van der Waals surface area contributed by atoms with E-state index in [2.05, 4.69) is 5.32 Å². The maximum absolute atomic E-state index is 12.4. The number of hydrogen-bond acceptors (Lipinski definition) is 5. The van der Waals surface area contributed by atoms with E-state index < -0.39 is 5.97 Å². The van der Waals surface area contributed by atoms with Crippen LogP contribution in [0.1, 0.15) is 34.2 Å². The number of benzene rings is 2. The molecule has 0 saturated heterocycles. The number of amides is 1. The molecule has 1 heterocycles. The Morgan fingerprint density at radius 3 is 2.64 bits per heavy atom. The van der Waals surface area contributed by atoms with Crippen LogP contribution in [-0.4, -0.2) is 25.1 Å². The fourth-order valence-corrected chi connectivity index (χ4v) is 2.90. The summed E-state index contributed by atoms with van der Waals surface area (Å²) in [6, 6.07) is 13.1.